The van der Waals surface area contributed by atoms with Crippen LogP contribution in [0.5, 0.6) is 5.75 Å². The summed E-state index contributed by atoms with van der Waals surface area (Å²) < 4.78 is 38.6. The lowest BCUT2D eigenvalue weighted by molar-refractivity contribution is -0.243. The zero-order chi connectivity index (χ0) is 24.3. The number of halogens is 2. The quantitative estimate of drug-likeness (QED) is 0.464. The minimum Gasteiger partial charge on any atom is -0.478 e. The highest BCUT2D eigenvalue weighted by Gasteiger charge is 2.53. The minimum absolute atomic E-state index is 0.144. The molecule has 1 aliphatic rings. The number of nitrogens with zero attached hydrogens (tertiary/aromatic N) is 2. The Morgan fingerprint density at radius 3 is 2.38 bits per heavy atom. The number of hydrogen-bond acceptors (Lipinski definition) is 6. The van der Waals surface area contributed by atoms with Crippen molar-refractivity contribution in [3.8, 4) is 16.9 Å². The highest BCUT2D eigenvalue weighted by molar-refractivity contribution is 5.66. The number of aliphatic hydroxyl groups is 3. The molecule has 0 spiro atoms. The van der Waals surface area contributed by atoms with E-state index in [1.807, 2.05) is 36.4 Å². The van der Waals surface area contributed by atoms with E-state index in [-0.39, 0.29) is 18.4 Å². The topological polar surface area (TPSA) is 97.0 Å². The maximum atomic E-state index is 13.7. The Bertz CT molecular complexity index is 1110. The van der Waals surface area contributed by atoms with Gasteiger partial charge in [-0.1, -0.05) is 48.6 Å². The molecule has 1 aromatic heterocycles. The summed E-state index contributed by atoms with van der Waals surface area (Å²) in [4.78, 5) is 4.13. The van der Waals surface area contributed by atoms with E-state index in [4.69, 9.17) is 4.74 Å². The lowest BCUT2D eigenvalue weighted by Gasteiger charge is -2.20. The van der Waals surface area contributed by atoms with E-state index < -0.39 is 31.0 Å². The van der Waals surface area contributed by atoms with Crippen LogP contribution in [-0.4, -0.2) is 56.4 Å². The van der Waals surface area contributed by atoms with Crippen LogP contribution in [0.4, 0.5) is 8.78 Å². The summed E-state index contributed by atoms with van der Waals surface area (Å²) in [6.45, 7) is 1.00. The molecule has 2 aromatic carbocycles. The number of imidazole rings is 1. The van der Waals surface area contributed by atoms with E-state index in [1.54, 1.807) is 48.1 Å². The van der Waals surface area contributed by atoms with Crippen LogP contribution >= 0.6 is 0 Å². The van der Waals surface area contributed by atoms with E-state index in [0.717, 1.165) is 16.7 Å². The van der Waals surface area contributed by atoms with Crippen molar-refractivity contribution in [1.82, 2.24) is 9.55 Å². The fourth-order valence-corrected chi connectivity index (χ4v) is 3.79. The van der Waals surface area contributed by atoms with E-state index in [0.29, 0.717) is 5.82 Å². The summed E-state index contributed by atoms with van der Waals surface area (Å²) in [5, 5.41) is 29.3. The molecule has 4 atom stereocenters. The number of rotatable bonds is 8. The molecule has 1 saturated heterocycles. The van der Waals surface area contributed by atoms with Crippen LogP contribution in [0.2, 0.25) is 0 Å². The van der Waals surface area contributed by atoms with Crippen LogP contribution in [0, 0.1) is 0 Å². The summed E-state index contributed by atoms with van der Waals surface area (Å²) in [6, 6.07) is 14.0. The lowest BCUT2D eigenvalue weighted by Crippen LogP contribution is -2.40. The third-order valence-electron chi connectivity index (χ3n) is 5.62. The van der Waals surface area contributed by atoms with Gasteiger partial charge in [-0.25, -0.2) is 4.98 Å². The van der Waals surface area contributed by atoms with E-state index in [1.165, 1.54) is 0 Å². The van der Waals surface area contributed by atoms with E-state index in [9.17, 15) is 24.1 Å². The van der Waals surface area contributed by atoms with Gasteiger partial charge >= 0.3 is 6.11 Å². The fourth-order valence-electron chi connectivity index (χ4n) is 3.79. The molecular formula is C25H26F2N2O5. The van der Waals surface area contributed by atoms with Crippen LogP contribution < -0.4 is 4.74 Å². The number of ether oxygens (including phenoxy) is 2. The second-order valence-electron chi connectivity index (χ2n) is 8.10. The number of aliphatic hydroxyl groups excluding tert-OH is 3. The summed E-state index contributed by atoms with van der Waals surface area (Å²) in [5.74, 6) is 0.689. The van der Waals surface area contributed by atoms with Gasteiger partial charge in [0.2, 0.25) is 6.10 Å². The predicted molar refractivity (Wildman–Crippen MR) is 121 cm³/mol. The molecule has 180 valence electrons. The largest absolute Gasteiger partial charge is 0.478 e. The molecule has 7 nitrogen and oxygen atoms in total. The second-order valence-corrected chi connectivity index (χ2v) is 8.10. The first-order chi connectivity index (χ1) is 16.3. The lowest BCUT2D eigenvalue weighted by atomic mass is 10.0. The average Bonchev–Trinajstić information content (AvgIpc) is 3.41. The maximum Gasteiger partial charge on any atom is 0.395 e. The van der Waals surface area contributed by atoms with Gasteiger partial charge < -0.3 is 29.4 Å². The molecule has 1 unspecified atom stereocenters. The highest BCUT2D eigenvalue weighted by atomic mass is 19.3. The Morgan fingerprint density at radius 1 is 1.18 bits per heavy atom. The van der Waals surface area contributed by atoms with Crippen molar-refractivity contribution in [3.63, 3.8) is 0 Å². The van der Waals surface area contributed by atoms with Crippen molar-refractivity contribution in [2.75, 3.05) is 13.2 Å². The van der Waals surface area contributed by atoms with Crippen molar-refractivity contribution >= 4 is 6.08 Å². The molecule has 3 N–H and O–H groups in total. The van der Waals surface area contributed by atoms with Gasteiger partial charge in [-0.2, -0.15) is 8.78 Å². The Hall–Kier alpha value is -3.11. The average molecular weight is 472 g/mol. The van der Waals surface area contributed by atoms with Crippen molar-refractivity contribution in [1.29, 1.82) is 0 Å². The highest BCUT2D eigenvalue weighted by Crippen LogP contribution is 2.33. The Kier molecular flexibility index (Phi) is 7.08. The smallest absolute Gasteiger partial charge is 0.395 e. The minimum atomic E-state index is -3.54. The molecule has 1 aliphatic heterocycles. The van der Waals surface area contributed by atoms with Gasteiger partial charge in [0.15, 0.2) is 0 Å². The number of alkyl halides is 2. The number of hydrogen-bond donors (Lipinski definition) is 3. The van der Waals surface area contributed by atoms with Crippen molar-refractivity contribution in [2.45, 2.75) is 37.4 Å². The molecule has 2 heterocycles. The standard InChI is InChI=1S/C25H26F2N2O5/c1-16(31)24-28-12-13-29(24)20(14-30)9-4-17-2-5-18(6-3-17)19-7-10-21(11-8-19)34-23-22(32)15-33-25(23,26)27/h2-13,16,20,22-23,30-32H,14-15H2,1H3/b9-4+/t16-,20-,22+,23?/m0/s1. The Labute approximate surface area is 195 Å². The van der Waals surface area contributed by atoms with Gasteiger partial charge in [0.05, 0.1) is 19.3 Å². The van der Waals surface area contributed by atoms with E-state index >= 15 is 0 Å². The Balaban J connectivity index is 1.42. The molecule has 34 heavy (non-hydrogen) atoms. The van der Waals surface area contributed by atoms with Gasteiger partial charge in [0.1, 0.15) is 23.8 Å². The normalized spacial score (nSPS) is 21.6. The zero-order valence-corrected chi connectivity index (χ0v) is 18.5. The molecule has 0 bridgehead atoms. The Morgan fingerprint density at radius 2 is 1.82 bits per heavy atom. The van der Waals surface area contributed by atoms with Crippen LogP contribution in [0.1, 0.15) is 30.5 Å². The first-order valence-corrected chi connectivity index (χ1v) is 10.9. The SMILES string of the molecule is C[C@H](O)c1nccn1[C@@H](/C=C/c1ccc(-c2ccc(OC3[C@H](O)COC3(F)F)cc2)cc1)CO. The molecule has 3 aromatic rings. The molecule has 1 fully saturated rings. The van der Waals surface area contributed by atoms with E-state index in [2.05, 4.69) is 9.72 Å². The molecular weight excluding hydrogens is 446 g/mol. The van der Waals surface area contributed by atoms with Crippen molar-refractivity contribution in [2.24, 2.45) is 0 Å². The second kappa shape index (κ2) is 10.0. The zero-order valence-electron chi connectivity index (χ0n) is 18.5. The van der Waals surface area contributed by atoms with Gasteiger partial charge in [-0.05, 0) is 35.7 Å². The summed E-state index contributed by atoms with van der Waals surface area (Å²) >= 11 is 0. The molecule has 0 aliphatic carbocycles. The monoisotopic (exact) mass is 472 g/mol. The number of benzene rings is 2. The first-order valence-electron chi connectivity index (χ1n) is 10.9. The maximum absolute atomic E-state index is 13.7. The number of aromatic nitrogens is 2. The van der Waals surface area contributed by atoms with Crippen LogP contribution in [-0.2, 0) is 4.74 Å². The van der Waals surface area contributed by atoms with Crippen molar-refractivity contribution < 1.29 is 33.6 Å². The molecule has 0 radical (unpaired) electrons. The summed E-state index contributed by atoms with van der Waals surface area (Å²) in [6.07, 6.45) is -0.411. The third-order valence-corrected chi connectivity index (χ3v) is 5.62. The van der Waals surface area contributed by atoms with Gasteiger partial charge in [0.25, 0.3) is 0 Å². The van der Waals surface area contributed by atoms with Crippen LogP contribution in [0.25, 0.3) is 17.2 Å². The van der Waals surface area contributed by atoms with Gasteiger partial charge in [0, 0.05) is 12.4 Å². The van der Waals surface area contributed by atoms with Crippen LogP contribution in [0.15, 0.2) is 67.0 Å². The summed E-state index contributed by atoms with van der Waals surface area (Å²) in [5.41, 5.74) is 2.70. The van der Waals surface area contributed by atoms with Crippen LogP contribution in [0.3, 0.4) is 0 Å². The van der Waals surface area contributed by atoms with Crippen molar-refractivity contribution in [3.05, 3.63) is 78.4 Å². The van der Waals surface area contributed by atoms with Gasteiger partial charge in [-0.3, -0.25) is 0 Å². The van der Waals surface area contributed by atoms with Gasteiger partial charge in [-0.15, -0.1) is 0 Å². The molecule has 0 amide bonds. The molecule has 9 heteroatoms. The molecule has 4 rings (SSSR count). The predicted octanol–water partition coefficient (Wildman–Crippen LogP) is 3.58. The molecule has 0 saturated carbocycles. The summed E-state index contributed by atoms with van der Waals surface area (Å²) in [7, 11) is 0. The third kappa shape index (κ3) is 5.18. The fraction of sp³-hybridized carbons (Fsp3) is 0.320. The first kappa shape index (κ1) is 24.0.